The van der Waals surface area contributed by atoms with Gasteiger partial charge in [-0.2, -0.15) is 0 Å². The van der Waals surface area contributed by atoms with E-state index in [1.54, 1.807) is 0 Å². The molecule has 0 amide bonds. The fourth-order valence-corrected chi connectivity index (χ4v) is 3.48. The predicted octanol–water partition coefficient (Wildman–Crippen LogP) is 4.48. The molecule has 0 saturated heterocycles. The molecule has 0 radical (unpaired) electrons. The van der Waals surface area contributed by atoms with Gasteiger partial charge in [0.15, 0.2) is 0 Å². The van der Waals surface area contributed by atoms with E-state index in [0.29, 0.717) is 17.1 Å². The predicted molar refractivity (Wildman–Crippen MR) is 87.4 cm³/mol. The van der Waals surface area contributed by atoms with Crippen molar-refractivity contribution in [3.63, 3.8) is 0 Å². The van der Waals surface area contributed by atoms with Crippen molar-refractivity contribution in [2.24, 2.45) is 5.73 Å². The fraction of sp³-hybridized carbons (Fsp3) is 0.625. The molecule has 2 rings (SSSR count). The molecule has 0 spiro atoms. The van der Waals surface area contributed by atoms with Crippen LogP contribution in [0.15, 0.2) is 18.2 Å². The lowest BCUT2D eigenvalue weighted by Crippen LogP contribution is -2.40. The first-order valence-electron chi connectivity index (χ1n) is 7.53. The van der Waals surface area contributed by atoms with E-state index in [0.717, 1.165) is 37.4 Å². The van der Waals surface area contributed by atoms with Gasteiger partial charge in [0.25, 0.3) is 0 Å². The second-order valence-corrected chi connectivity index (χ2v) is 6.62. The lowest BCUT2D eigenvalue weighted by atomic mass is 9.90. The van der Waals surface area contributed by atoms with E-state index >= 15 is 0 Å². The average molecular weight is 315 g/mol. The minimum atomic E-state index is 0.397. The Labute approximate surface area is 132 Å². The average Bonchev–Trinajstić information content (AvgIpc) is 2.42. The van der Waals surface area contributed by atoms with Gasteiger partial charge in [0, 0.05) is 28.7 Å². The highest BCUT2D eigenvalue weighted by molar-refractivity contribution is 6.35. The van der Waals surface area contributed by atoms with Crippen LogP contribution in [0.25, 0.3) is 0 Å². The second kappa shape index (κ2) is 7.65. The van der Waals surface area contributed by atoms with Gasteiger partial charge in [-0.05, 0) is 56.3 Å². The molecule has 1 aromatic carbocycles. The molecule has 0 aromatic heterocycles. The molecule has 1 aliphatic carbocycles. The maximum absolute atomic E-state index is 6.30. The van der Waals surface area contributed by atoms with Crippen LogP contribution >= 0.6 is 23.2 Å². The van der Waals surface area contributed by atoms with Crippen LogP contribution in [-0.4, -0.2) is 23.5 Å². The number of nitrogens with zero attached hydrogens (tertiary/aromatic N) is 1. The Morgan fingerprint density at radius 3 is 2.50 bits per heavy atom. The largest absolute Gasteiger partial charge is 0.328 e. The summed E-state index contributed by atoms with van der Waals surface area (Å²) in [5.74, 6) is 0. The Kier molecular flexibility index (Phi) is 6.16. The van der Waals surface area contributed by atoms with E-state index in [4.69, 9.17) is 28.9 Å². The molecule has 0 heterocycles. The molecular formula is C16H24Cl2N2. The summed E-state index contributed by atoms with van der Waals surface area (Å²) >= 11 is 12.3. The summed E-state index contributed by atoms with van der Waals surface area (Å²) in [6.07, 6.45) is 5.84. The smallest absolute Gasteiger partial charge is 0.0465 e. The van der Waals surface area contributed by atoms with E-state index < -0.39 is 0 Å². The first kappa shape index (κ1) is 16.1. The molecule has 1 saturated carbocycles. The van der Waals surface area contributed by atoms with Gasteiger partial charge in [0.05, 0.1) is 0 Å². The third-order valence-electron chi connectivity index (χ3n) is 4.16. The minimum Gasteiger partial charge on any atom is -0.328 e. The summed E-state index contributed by atoms with van der Waals surface area (Å²) in [6.45, 7) is 4.24. The van der Waals surface area contributed by atoms with Gasteiger partial charge in [0.2, 0.25) is 0 Å². The minimum absolute atomic E-state index is 0.397. The van der Waals surface area contributed by atoms with Crippen molar-refractivity contribution in [3.8, 4) is 0 Å². The van der Waals surface area contributed by atoms with Crippen LogP contribution in [-0.2, 0) is 6.54 Å². The van der Waals surface area contributed by atoms with E-state index in [1.807, 2.05) is 18.2 Å². The summed E-state index contributed by atoms with van der Waals surface area (Å²) in [5.41, 5.74) is 7.18. The number of benzene rings is 1. The van der Waals surface area contributed by atoms with Crippen molar-refractivity contribution in [3.05, 3.63) is 33.8 Å². The molecule has 4 heteroatoms. The van der Waals surface area contributed by atoms with Crippen LogP contribution in [0.1, 0.15) is 44.6 Å². The van der Waals surface area contributed by atoms with Gasteiger partial charge < -0.3 is 5.73 Å². The zero-order valence-corrected chi connectivity index (χ0v) is 13.6. The lowest BCUT2D eigenvalue weighted by Gasteiger charge is -2.36. The molecule has 1 aromatic rings. The topological polar surface area (TPSA) is 29.3 Å². The van der Waals surface area contributed by atoms with Crippen LogP contribution < -0.4 is 5.73 Å². The van der Waals surface area contributed by atoms with Crippen LogP contribution in [0.3, 0.4) is 0 Å². The Balaban J connectivity index is 2.04. The van der Waals surface area contributed by atoms with Gasteiger partial charge in [-0.3, -0.25) is 4.90 Å². The molecular weight excluding hydrogens is 291 g/mol. The van der Waals surface area contributed by atoms with Crippen molar-refractivity contribution in [1.82, 2.24) is 4.90 Å². The first-order chi connectivity index (χ1) is 9.60. The maximum atomic E-state index is 6.30. The Hall–Kier alpha value is -0.280. The molecule has 20 heavy (non-hydrogen) atoms. The summed E-state index contributed by atoms with van der Waals surface area (Å²) in [4.78, 5) is 2.56. The molecule has 0 bridgehead atoms. The molecule has 0 unspecified atom stereocenters. The zero-order valence-electron chi connectivity index (χ0n) is 12.1. The highest BCUT2D eigenvalue weighted by atomic mass is 35.5. The second-order valence-electron chi connectivity index (χ2n) is 5.77. The van der Waals surface area contributed by atoms with Gasteiger partial charge in [-0.15, -0.1) is 0 Å². The van der Waals surface area contributed by atoms with Gasteiger partial charge in [-0.1, -0.05) is 36.2 Å². The number of nitrogens with two attached hydrogens (primary N) is 1. The van der Waals surface area contributed by atoms with Crippen LogP contribution in [0.5, 0.6) is 0 Å². The normalized spacial score (nSPS) is 23.2. The van der Waals surface area contributed by atoms with Crippen molar-refractivity contribution in [2.45, 2.75) is 57.7 Å². The molecule has 0 atom stereocenters. The van der Waals surface area contributed by atoms with Crippen LogP contribution in [0, 0.1) is 0 Å². The van der Waals surface area contributed by atoms with Crippen LogP contribution in [0.4, 0.5) is 0 Å². The van der Waals surface area contributed by atoms with E-state index in [1.165, 1.54) is 18.4 Å². The maximum Gasteiger partial charge on any atom is 0.0465 e. The van der Waals surface area contributed by atoms with Crippen LogP contribution in [0.2, 0.25) is 10.0 Å². The molecule has 112 valence electrons. The van der Waals surface area contributed by atoms with Gasteiger partial charge in [-0.25, -0.2) is 0 Å². The van der Waals surface area contributed by atoms with E-state index in [-0.39, 0.29) is 0 Å². The number of hydrogen-bond donors (Lipinski definition) is 1. The monoisotopic (exact) mass is 314 g/mol. The number of rotatable bonds is 5. The third-order valence-corrected chi connectivity index (χ3v) is 4.74. The van der Waals surface area contributed by atoms with E-state index in [9.17, 15) is 0 Å². The Morgan fingerprint density at radius 1 is 1.20 bits per heavy atom. The van der Waals surface area contributed by atoms with E-state index in [2.05, 4.69) is 11.8 Å². The highest BCUT2D eigenvalue weighted by Crippen LogP contribution is 2.27. The fourth-order valence-electron chi connectivity index (χ4n) is 3.01. The summed E-state index contributed by atoms with van der Waals surface area (Å²) in [7, 11) is 0. The number of hydrogen-bond acceptors (Lipinski definition) is 2. The molecule has 1 fully saturated rings. The summed E-state index contributed by atoms with van der Waals surface area (Å²) < 4.78 is 0. The quantitative estimate of drug-likeness (QED) is 0.868. The Bertz CT molecular complexity index is 428. The standard InChI is InChI=1S/C16H24Cl2N2/c1-2-9-20(15-7-5-14(19)6-8-15)11-12-3-4-13(17)10-16(12)18/h3-4,10,14-15H,2,5-9,11,19H2,1H3. The molecule has 0 aliphatic heterocycles. The van der Waals surface area contributed by atoms with Crippen molar-refractivity contribution < 1.29 is 0 Å². The number of halogens is 2. The van der Waals surface area contributed by atoms with Crippen molar-refractivity contribution >= 4 is 23.2 Å². The summed E-state index contributed by atoms with van der Waals surface area (Å²) in [6, 6.07) is 6.83. The molecule has 1 aliphatic rings. The highest BCUT2D eigenvalue weighted by Gasteiger charge is 2.24. The van der Waals surface area contributed by atoms with Crippen molar-refractivity contribution in [1.29, 1.82) is 0 Å². The lowest BCUT2D eigenvalue weighted by molar-refractivity contribution is 0.142. The molecule has 2 N–H and O–H groups in total. The van der Waals surface area contributed by atoms with Gasteiger partial charge >= 0.3 is 0 Å². The summed E-state index contributed by atoms with van der Waals surface area (Å²) in [5, 5.41) is 1.47. The Morgan fingerprint density at radius 2 is 1.90 bits per heavy atom. The van der Waals surface area contributed by atoms with Crippen molar-refractivity contribution in [2.75, 3.05) is 6.54 Å². The van der Waals surface area contributed by atoms with Gasteiger partial charge in [0.1, 0.15) is 0 Å². The first-order valence-corrected chi connectivity index (χ1v) is 8.29. The third kappa shape index (κ3) is 4.36. The zero-order chi connectivity index (χ0) is 14.5. The molecule has 2 nitrogen and oxygen atoms in total. The SMILES string of the molecule is CCCN(Cc1ccc(Cl)cc1Cl)C1CCC(N)CC1.